The van der Waals surface area contributed by atoms with Crippen molar-refractivity contribution in [3.05, 3.63) is 11.6 Å². The molecular formula is C10H14N2O. The molecule has 0 heterocycles. The van der Waals surface area contributed by atoms with Crippen molar-refractivity contribution in [3.8, 4) is 6.07 Å². The first-order chi connectivity index (χ1) is 6.33. The molecule has 0 bridgehead atoms. The molecular weight excluding hydrogens is 164 g/mol. The van der Waals surface area contributed by atoms with Gasteiger partial charge in [0.15, 0.2) is 0 Å². The Morgan fingerprint density at radius 3 is 2.85 bits per heavy atom. The summed E-state index contributed by atoms with van der Waals surface area (Å²) in [6.45, 7) is 0.457. The Morgan fingerprint density at radius 1 is 1.54 bits per heavy atom. The molecule has 0 radical (unpaired) electrons. The Morgan fingerprint density at radius 2 is 2.23 bits per heavy atom. The summed E-state index contributed by atoms with van der Waals surface area (Å²) in [5.74, 6) is -0.0489. The van der Waals surface area contributed by atoms with Crippen LogP contribution in [0, 0.1) is 11.3 Å². The molecule has 0 spiro atoms. The third-order valence-corrected chi connectivity index (χ3v) is 2.12. The molecule has 1 saturated carbocycles. The third-order valence-electron chi connectivity index (χ3n) is 2.12. The van der Waals surface area contributed by atoms with Gasteiger partial charge in [0, 0.05) is 12.6 Å². The van der Waals surface area contributed by atoms with Crippen LogP contribution in [0.1, 0.15) is 32.1 Å². The van der Waals surface area contributed by atoms with Crippen LogP contribution in [0.25, 0.3) is 0 Å². The van der Waals surface area contributed by atoms with Crippen LogP contribution in [-0.2, 0) is 4.79 Å². The van der Waals surface area contributed by atoms with Gasteiger partial charge in [0.1, 0.15) is 0 Å². The predicted molar refractivity (Wildman–Crippen MR) is 49.8 cm³/mol. The van der Waals surface area contributed by atoms with Gasteiger partial charge < -0.3 is 5.32 Å². The summed E-state index contributed by atoms with van der Waals surface area (Å²) >= 11 is 0. The van der Waals surface area contributed by atoms with Gasteiger partial charge in [0.2, 0.25) is 5.91 Å². The summed E-state index contributed by atoms with van der Waals surface area (Å²) in [5, 5.41) is 10.9. The fraction of sp³-hybridized carbons (Fsp3) is 0.600. The second-order valence-electron chi connectivity index (χ2n) is 3.21. The van der Waals surface area contributed by atoms with E-state index in [0.29, 0.717) is 13.0 Å². The maximum Gasteiger partial charge on any atom is 0.243 e. The van der Waals surface area contributed by atoms with E-state index in [2.05, 4.69) is 5.32 Å². The topological polar surface area (TPSA) is 52.9 Å². The number of carbonyl (C=O) groups excluding carboxylic acids is 1. The third kappa shape index (κ3) is 3.75. The lowest BCUT2D eigenvalue weighted by atomic mass is 10.2. The van der Waals surface area contributed by atoms with Crippen LogP contribution in [0.4, 0.5) is 0 Å². The van der Waals surface area contributed by atoms with E-state index in [1.807, 2.05) is 6.07 Å². The van der Waals surface area contributed by atoms with Crippen molar-refractivity contribution in [2.24, 2.45) is 0 Å². The van der Waals surface area contributed by atoms with Crippen molar-refractivity contribution in [2.45, 2.75) is 32.1 Å². The average Bonchev–Trinajstić information content (AvgIpc) is 2.57. The Hall–Kier alpha value is -1.30. The first-order valence-electron chi connectivity index (χ1n) is 4.67. The van der Waals surface area contributed by atoms with Crippen molar-refractivity contribution >= 4 is 5.91 Å². The summed E-state index contributed by atoms with van der Waals surface area (Å²) in [4.78, 5) is 11.2. The molecule has 0 unspecified atom stereocenters. The Balaban J connectivity index is 2.24. The number of hydrogen-bond acceptors (Lipinski definition) is 2. The lowest BCUT2D eigenvalue weighted by Crippen LogP contribution is -2.22. The highest BCUT2D eigenvalue weighted by Gasteiger charge is 2.07. The zero-order valence-electron chi connectivity index (χ0n) is 7.68. The van der Waals surface area contributed by atoms with Gasteiger partial charge in [-0.05, 0) is 25.7 Å². The van der Waals surface area contributed by atoms with E-state index in [1.165, 1.54) is 18.4 Å². The van der Waals surface area contributed by atoms with E-state index in [-0.39, 0.29) is 5.91 Å². The maximum atomic E-state index is 11.2. The van der Waals surface area contributed by atoms with Crippen molar-refractivity contribution in [1.29, 1.82) is 5.26 Å². The van der Waals surface area contributed by atoms with E-state index >= 15 is 0 Å². The van der Waals surface area contributed by atoms with E-state index in [9.17, 15) is 4.79 Å². The van der Waals surface area contributed by atoms with Gasteiger partial charge in [-0.2, -0.15) is 5.26 Å². The molecule has 0 atom stereocenters. The second kappa shape index (κ2) is 5.36. The van der Waals surface area contributed by atoms with Crippen LogP contribution in [0.5, 0.6) is 0 Å². The molecule has 0 aliphatic heterocycles. The van der Waals surface area contributed by atoms with Crippen LogP contribution in [0.2, 0.25) is 0 Å². The van der Waals surface area contributed by atoms with Crippen LogP contribution in [-0.4, -0.2) is 12.5 Å². The van der Waals surface area contributed by atoms with Gasteiger partial charge >= 0.3 is 0 Å². The lowest BCUT2D eigenvalue weighted by molar-refractivity contribution is -0.116. The number of hydrogen-bond donors (Lipinski definition) is 1. The zero-order chi connectivity index (χ0) is 9.52. The standard InChI is InChI=1S/C10H14N2O/c11-6-3-7-12-10(13)8-9-4-1-2-5-9/h8H,1-5,7H2,(H,12,13). The smallest absolute Gasteiger partial charge is 0.243 e. The Bertz CT molecular complexity index is 242. The SMILES string of the molecule is N#CCCNC(=O)C=C1CCCC1. The van der Waals surface area contributed by atoms with Gasteiger partial charge in [-0.3, -0.25) is 4.79 Å². The van der Waals surface area contributed by atoms with Crippen molar-refractivity contribution in [3.63, 3.8) is 0 Å². The number of nitriles is 1. The van der Waals surface area contributed by atoms with Crippen LogP contribution >= 0.6 is 0 Å². The monoisotopic (exact) mass is 178 g/mol. The van der Waals surface area contributed by atoms with Gasteiger partial charge in [-0.1, -0.05) is 5.57 Å². The normalized spacial score (nSPS) is 15.2. The summed E-state index contributed by atoms with van der Waals surface area (Å²) in [6.07, 6.45) is 6.60. The molecule has 0 saturated heterocycles. The largest absolute Gasteiger partial charge is 0.352 e. The molecule has 0 aromatic rings. The minimum absolute atomic E-state index is 0.0489. The molecule has 1 aliphatic carbocycles. The van der Waals surface area contributed by atoms with E-state index in [4.69, 9.17) is 5.26 Å². The maximum absolute atomic E-state index is 11.2. The van der Waals surface area contributed by atoms with Crippen LogP contribution in [0.15, 0.2) is 11.6 Å². The van der Waals surface area contributed by atoms with Crippen molar-refractivity contribution in [1.82, 2.24) is 5.32 Å². The van der Waals surface area contributed by atoms with E-state index < -0.39 is 0 Å². The molecule has 0 aromatic heterocycles. The Labute approximate surface area is 78.4 Å². The number of allylic oxidation sites excluding steroid dienone is 1. The lowest BCUT2D eigenvalue weighted by Gasteiger charge is -1.98. The highest BCUT2D eigenvalue weighted by molar-refractivity contribution is 5.88. The number of amides is 1. The number of nitrogens with zero attached hydrogens (tertiary/aromatic N) is 1. The molecule has 70 valence electrons. The zero-order valence-corrected chi connectivity index (χ0v) is 7.68. The van der Waals surface area contributed by atoms with Crippen LogP contribution in [0.3, 0.4) is 0 Å². The first-order valence-corrected chi connectivity index (χ1v) is 4.67. The van der Waals surface area contributed by atoms with Gasteiger partial charge in [0.05, 0.1) is 12.5 Å². The van der Waals surface area contributed by atoms with E-state index in [0.717, 1.165) is 12.8 Å². The Kier molecular flexibility index (Phi) is 4.04. The second-order valence-corrected chi connectivity index (χ2v) is 3.21. The fourth-order valence-corrected chi connectivity index (χ4v) is 1.45. The molecule has 1 fully saturated rings. The molecule has 1 aliphatic rings. The van der Waals surface area contributed by atoms with Crippen molar-refractivity contribution in [2.75, 3.05) is 6.54 Å². The van der Waals surface area contributed by atoms with Gasteiger partial charge in [0.25, 0.3) is 0 Å². The van der Waals surface area contributed by atoms with E-state index in [1.54, 1.807) is 6.08 Å². The number of carbonyl (C=O) groups is 1. The summed E-state index contributed by atoms with van der Waals surface area (Å²) < 4.78 is 0. The predicted octanol–water partition coefficient (Wildman–Crippen LogP) is 1.52. The molecule has 1 amide bonds. The van der Waals surface area contributed by atoms with Crippen molar-refractivity contribution < 1.29 is 4.79 Å². The number of nitrogens with one attached hydrogen (secondary N) is 1. The molecule has 3 heteroatoms. The average molecular weight is 178 g/mol. The summed E-state index contributed by atoms with van der Waals surface area (Å²) in [5.41, 5.74) is 1.24. The molecule has 0 aromatic carbocycles. The quantitative estimate of drug-likeness (QED) is 0.526. The molecule has 1 N–H and O–H groups in total. The highest BCUT2D eigenvalue weighted by atomic mass is 16.1. The molecule has 1 rings (SSSR count). The molecule has 13 heavy (non-hydrogen) atoms. The fourth-order valence-electron chi connectivity index (χ4n) is 1.45. The number of rotatable bonds is 3. The minimum Gasteiger partial charge on any atom is -0.352 e. The molecule has 3 nitrogen and oxygen atoms in total. The summed E-state index contributed by atoms with van der Waals surface area (Å²) in [7, 11) is 0. The van der Waals surface area contributed by atoms with Crippen LogP contribution < -0.4 is 5.32 Å². The first kappa shape index (κ1) is 9.79. The summed E-state index contributed by atoms with van der Waals surface area (Å²) in [6, 6.07) is 1.98. The van der Waals surface area contributed by atoms with Gasteiger partial charge in [-0.25, -0.2) is 0 Å². The van der Waals surface area contributed by atoms with Gasteiger partial charge in [-0.15, -0.1) is 0 Å². The minimum atomic E-state index is -0.0489. The highest BCUT2D eigenvalue weighted by Crippen LogP contribution is 2.23.